The molecule has 0 amide bonds. The molecule has 1 aliphatic rings. The fourth-order valence-electron chi connectivity index (χ4n) is 2.85. The molecule has 102 valence electrons. The van der Waals surface area contributed by atoms with Crippen molar-refractivity contribution in [3.8, 4) is 0 Å². The Bertz CT molecular complexity index is 575. The third-order valence-electron chi connectivity index (χ3n) is 4.11. The summed E-state index contributed by atoms with van der Waals surface area (Å²) < 4.78 is 4.06. The number of hydrogen-bond acceptors (Lipinski definition) is 3. The molecule has 0 radical (unpaired) electrons. The number of anilines is 1. The van der Waals surface area contributed by atoms with Crippen LogP contribution in [-0.4, -0.2) is 19.6 Å². The van der Waals surface area contributed by atoms with Gasteiger partial charge in [0.05, 0.1) is 35.4 Å². The van der Waals surface area contributed by atoms with Crippen LogP contribution in [0.15, 0.2) is 12.3 Å². The van der Waals surface area contributed by atoms with Crippen molar-refractivity contribution in [1.82, 2.24) is 19.6 Å². The normalized spacial score (nSPS) is 16.3. The molecule has 0 bridgehead atoms. The lowest BCUT2D eigenvalue weighted by Crippen LogP contribution is -2.08. The molecule has 19 heavy (non-hydrogen) atoms. The van der Waals surface area contributed by atoms with Crippen LogP contribution >= 0.6 is 0 Å². The maximum Gasteiger partial charge on any atom is 0.0853 e. The maximum atomic E-state index is 5.95. The molecule has 0 atom stereocenters. The average molecular weight is 259 g/mol. The number of nitrogen functional groups attached to an aromatic ring is 1. The van der Waals surface area contributed by atoms with Gasteiger partial charge in [0.1, 0.15) is 0 Å². The summed E-state index contributed by atoms with van der Waals surface area (Å²) in [5.74, 6) is 0. The first-order chi connectivity index (χ1) is 9.15. The highest BCUT2D eigenvalue weighted by Gasteiger charge is 2.18. The van der Waals surface area contributed by atoms with E-state index in [2.05, 4.69) is 27.1 Å². The summed E-state index contributed by atoms with van der Waals surface area (Å²) in [6, 6.07) is 2.68. The molecular formula is C14H21N5. The molecule has 2 heterocycles. The first kappa shape index (κ1) is 12.3. The number of nitrogens with two attached hydrogens (primary N) is 1. The molecule has 5 nitrogen and oxygen atoms in total. The van der Waals surface area contributed by atoms with Crippen LogP contribution in [-0.2, 0) is 6.54 Å². The van der Waals surface area contributed by atoms with Gasteiger partial charge in [-0.25, -0.2) is 0 Å². The monoisotopic (exact) mass is 259 g/mol. The van der Waals surface area contributed by atoms with Crippen molar-refractivity contribution in [2.75, 3.05) is 5.73 Å². The van der Waals surface area contributed by atoms with Crippen molar-refractivity contribution in [1.29, 1.82) is 0 Å². The Morgan fingerprint density at radius 1 is 1.26 bits per heavy atom. The van der Waals surface area contributed by atoms with Gasteiger partial charge in [-0.3, -0.25) is 9.36 Å². The van der Waals surface area contributed by atoms with Gasteiger partial charge in [0.2, 0.25) is 0 Å². The molecule has 0 saturated heterocycles. The SMILES string of the molecule is Cc1nn(Cc2ccn(C3CCCC3)n2)c(C)c1N. The van der Waals surface area contributed by atoms with E-state index in [1.165, 1.54) is 25.7 Å². The predicted molar refractivity (Wildman–Crippen MR) is 74.9 cm³/mol. The second-order valence-electron chi connectivity index (χ2n) is 5.47. The number of aryl methyl sites for hydroxylation is 1. The van der Waals surface area contributed by atoms with Crippen LogP contribution in [0, 0.1) is 13.8 Å². The van der Waals surface area contributed by atoms with Crippen molar-refractivity contribution < 1.29 is 0 Å². The summed E-state index contributed by atoms with van der Waals surface area (Å²) in [5, 5.41) is 9.14. The first-order valence-electron chi connectivity index (χ1n) is 6.98. The quantitative estimate of drug-likeness (QED) is 0.921. The minimum absolute atomic E-state index is 0.597. The summed E-state index contributed by atoms with van der Waals surface area (Å²) in [7, 11) is 0. The van der Waals surface area contributed by atoms with E-state index in [-0.39, 0.29) is 0 Å². The van der Waals surface area contributed by atoms with Crippen LogP contribution in [0.25, 0.3) is 0 Å². The predicted octanol–water partition coefficient (Wildman–Crippen LogP) is 2.44. The Balaban J connectivity index is 1.78. The molecule has 1 fully saturated rings. The number of aromatic nitrogens is 4. The Morgan fingerprint density at radius 2 is 2.00 bits per heavy atom. The van der Waals surface area contributed by atoms with E-state index in [1.54, 1.807) is 0 Å². The third kappa shape index (κ3) is 2.25. The Hall–Kier alpha value is -1.78. The van der Waals surface area contributed by atoms with E-state index in [1.807, 2.05) is 18.5 Å². The Labute approximate surface area is 113 Å². The zero-order valence-corrected chi connectivity index (χ0v) is 11.6. The topological polar surface area (TPSA) is 61.7 Å². The molecule has 5 heteroatoms. The lowest BCUT2D eigenvalue weighted by Gasteiger charge is -2.09. The number of hydrogen-bond donors (Lipinski definition) is 1. The van der Waals surface area contributed by atoms with Gasteiger partial charge in [0.25, 0.3) is 0 Å². The summed E-state index contributed by atoms with van der Waals surface area (Å²) in [6.07, 6.45) is 7.27. The molecule has 2 aromatic rings. The molecule has 2 aromatic heterocycles. The highest BCUT2D eigenvalue weighted by Crippen LogP contribution is 2.28. The van der Waals surface area contributed by atoms with E-state index in [9.17, 15) is 0 Å². The molecule has 0 aromatic carbocycles. The molecule has 1 saturated carbocycles. The summed E-state index contributed by atoms with van der Waals surface area (Å²) >= 11 is 0. The van der Waals surface area contributed by atoms with Gasteiger partial charge < -0.3 is 5.73 Å². The fraction of sp³-hybridized carbons (Fsp3) is 0.571. The summed E-state index contributed by atoms with van der Waals surface area (Å²) in [5.41, 5.74) is 9.71. The zero-order chi connectivity index (χ0) is 13.4. The summed E-state index contributed by atoms with van der Waals surface area (Å²) in [6.45, 7) is 4.64. The highest BCUT2D eigenvalue weighted by atomic mass is 15.3. The number of nitrogens with zero attached hydrogens (tertiary/aromatic N) is 4. The van der Waals surface area contributed by atoms with E-state index >= 15 is 0 Å². The van der Waals surface area contributed by atoms with Gasteiger partial charge in [0.15, 0.2) is 0 Å². The molecular weight excluding hydrogens is 238 g/mol. The lowest BCUT2D eigenvalue weighted by atomic mass is 10.3. The Morgan fingerprint density at radius 3 is 2.63 bits per heavy atom. The highest BCUT2D eigenvalue weighted by molar-refractivity contribution is 5.46. The first-order valence-corrected chi connectivity index (χ1v) is 6.98. The minimum Gasteiger partial charge on any atom is -0.396 e. The van der Waals surface area contributed by atoms with Crippen LogP contribution < -0.4 is 5.73 Å². The lowest BCUT2D eigenvalue weighted by molar-refractivity contribution is 0.460. The molecule has 3 rings (SSSR count). The van der Waals surface area contributed by atoms with Crippen LogP contribution in [0.2, 0.25) is 0 Å². The van der Waals surface area contributed by atoms with Crippen molar-refractivity contribution in [2.45, 2.75) is 52.1 Å². The van der Waals surface area contributed by atoms with Gasteiger partial charge in [-0.15, -0.1) is 0 Å². The fourth-order valence-corrected chi connectivity index (χ4v) is 2.85. The van der Waals surface area contributed by atoms with Gasteiger partial charge in [-0.2, -0.15) is 10.2 Å². The van der Waals surface area contributed by atoms with E-state index in [4.69, 9.17) is 5.73 Å². The second-order valence-corrected chi connectivity index (χ2v) is 5.47. The number of rotatable bonds is 3. The average Bonchev–Trinajstić information content (AvgIpc) is 3.09. The van der Waals surface area contributed by atoms with Crippen LogP contribution in [0.4, 0.5) is 5.69 Å². The van der Waals surface area contributed by atoms with E-state index in [0.717, 1.165) is 22.8 Å². The smallest absolute Gasteiger partial charge is 0.0853 e. The van der Waals surface area contributed by atoms with E-state index in [0.29, 0.717) is 12.6 Å². The molecule has 0 unspecified atom stereocenters. The summed E-state index contributed by atoms with van der Waals surface area (Å²) in [4.78, 5) is 0. The van der Waals surface area contributed by atoms with Crippen molar-refractivity contribution in [2.24, 2.45) is 0 Å². The van der Waals surface area contributed by atoms with Gasteiger partial charge in [0, 0.05) is 6.20 Å². The maximum absolute atomic E-state index is 5.95. The van der Waals surface area contributed by atoms with E-state index < -0.39 is 0 Å². The van der Waals surface area contributed by atoms with Crippen LogP contribution in [0.5, 0.6) is 0 Å². The van der Waals surface area contributed by atoms with Crippen molar-refractivity contribution in [3.05, 3.63) is 29.3 Å². The van der Waals surface area contributed by atoms with Crippen LogP contribution in [0.1, 0.15) is 48.8 Å². The molecule has 2 N–H and O–H groups in total. The van der Waals surface area contributed by atoms with Crippen LogP contribution in [0.3, 0.4) is 0 Å². The zero-order valence-electron chi connectivity index (χ0n) is 11.6. The minimum atomic E-state index is 0.597. The second kappa shape index (κ2) is 4.72. The third-order valence-corrected chi connectivity index (χ3v) is 4.11. The van der Waals surface area contributed by atoms with Crippen molar-refractivity contribution in [3.63, 3.8) is 0 Å². The van der Waals surface area contributed by atoms with Gasteiger partial charge >= 0.3 is 0 Å². The molecule has 0 spiro atoms. The standard InChI is InChI=1S/C14H21N5/c1-10-14(15)11(2)19(16-10)9-12-7-8-18(17-12)13-5-3-4-6-13/h7-8,13H,3-6,9,15H2,1-2H3. The van der Waals surface area contributed by atoms with Gasteiger partial charge in [-0.1, -0.05) is 12.8 Å². The molecule has 1 aliphatic carbocycles. The van der Waals surface area contributed by atoms with Gasteiger partial charge in [-0.05, 0) is 32.8 Å². The van der Waals surface area contributed by atoms with Crippen molar-refractivity contribution >= 4 is 5.69 Å². The molecule has 0 aliphatic heterocycles. The largest absolute Gasteiger partial charge is 0.396 e. The Kier molecular flexibility index (Phi) is 3.05.